The van der Waals surface area contributed by atoms with Gasteiger partial charge in [0.2, 0.25) is 5.91 Å². The first-order valence-corrected chi connectivity index (χ1v) is 7.63. The van der Waals surface area contributed by atoms with Crippen molar-refractivity contribution in [2.45, 2.75) is 24.4 Å². The van der Waals surface area contributed by atoms with Crippen molar-refractivity contribution < 1.29 is 9.53 Å². The summed E-state index contributed by atoms with van der Waals surface area (Å²) < 4.78 is 5.43. The second-order valence-corrected chi connectivity index (χ2v) is 5.94. The maximum atomic E-state index is 12.1. The number of benzene rings is 1. The van der Waals surface area contributed by atoms with Crippen LogP contribution in [0.3, 0.4) is 0 Å². The van der Waals surface area contributed by atoms with Gasteiger partial charge in [-0.15, -0.1) is 24.8 Å². The van der Waals surface area contributed by atoms with Crippen molar-refractivity contribution in [2.75, 3.05) is 32.8 Å². The summed E-state index contributed by atoms with van der Waals surface area (Å²) in [6.45, 7) is 3.88. The van der Waals surface area contributed by atoms with Crippen LogP contribution in [0.15, 0.2) is 30.3 Å². The number of nitrogens with two attached hydrogens (primary N) is 1. The minimum Gasteiger partial charge on any atom is -0.379 e. The van der Waals surface area contributed by atoms with Crippen LogP contribution >= 0.6 is 24.8 Å². The molecule has 0 aromatic heterocycles. The van der Waals surface area contributed by atoms with Gasteiger partial charge < -0.3 is 15.8 Å². The Kier molecular flexibility index (Phi) is 7.77. The average molecular weight is 362 g/mol. The Bertz CT molecular complexity index is 491. The minimum absolute atomic E-state index is 0. The third-order valence-corrected chi connectivity index (χ3v) is 4.37. The standard InChI is InChI=1S/C16H23N3O2.2ClH/c17-16(6-7-16)15(20)18-12-14(13-4-2-1-3-5-13)19-8-10-21-11-9-19;;/h1-5,14H,6-12,17H2,(H,18,20);2*1H. The molecule has 1 aliphatic heterocycles. The van der Waals surface area contributed by atoms with Gasteiger partial charge in [0.25, 0.3) is 0 Å². The fourth-order valence-corrected chi connectivity index (χ4v) is 2.75. The summed E-state index contributed by atoms with van der Waals surface area (Å²) in [4.78, 5) is 14.4. The highest BCUT2D eigenvalue weighted by Crippen LogP contribution is 2.32. The van der Waals surface area contributed by atoms with E-state index in [-0.39, 0.29) is 36.8 Å². The second kappa shape index (κ2) is 8.85. The maximum absolute atomic E-state index is 12.1. The van der Waals surface area contributed by atoms with E-state index in [1.54, 1.807) is 0 Å². The molecule has 1 aliphatic carbocycles. The van der Waals surface area contributed by atoms with Gasteiger partial charge in [0.05, 0.1) is 24.8 Å². The molecule has 1 unspecified atom stereocenters. The predicted molar refractivity (Wildman–Crippen MR) is 95.2 cm³/mol. The van der Waals surface area contributed by atoms with Gasteiger partial charge in [-0.25, -0.2) is 0 Å². The monoisotopic (exact) mass is 361 g/mol. The van der Waals surface area contributed by atoms with Crippen LogP contribution in [0.2, 0.25) is 0 Å². The fraction of sp³-hybridized carbons (Fsp3) is 0.562. The summed E-state index contributed by atoms with van der Waals surface area (Å²) in [6, 6.07) is 10.5. The largest absolute Gasteiger partial charge is 0.379 e. The van der Waals surface area contributed by atoms with Crippen molar-refractivity contribution in [2.24, 2.45) is 5.73 Å². The van der Waals surface area contributed by atoms with Crippen molar-refractivity contribution in [3.8, 4) is 0 Å². The number of carbonyl (C=O) groups excluding carboxylic acids is 1. The molecule has 1 amide bonds. The van der Waals surface area contributed by atoms with Crippen molar-refractivity contribution in [1.29, 1.82) is 0 Å². The molecular weight excluding hydrogens is 337 g/mol. The molecule has 0 bridgehead atoms. The molecule has 3 N–H and O–H groups in total. The summed E-state index contributed by atoms with van der Waals surface area (Å²) in [7, 11) is 0. The van der Waals surface area contributed by atoms with Gasteiger partial charge in [-0.2, -0.15) is 0 Å². The SMILES string of the molecule is Cl.Cl.NC1(C(=O)NCC(c2ccccc2)N2CCOCC2)CC1. The number of nitrogens with one attached hydrogen (secondary N) is 1. The first-order chi connectivity index (χ1) is 10.2. The van der Waals surface area contributed by atoms with Crippen LogP contribution in [-0.4, -0.2) is 49.2 Å². The minimum atomic E-state index is -0.605. The maximum Gasteiger partial charge on any atom is 0.240 e. The number of hydrogen-bond acceptors (Lipinski definition) is 4. The Morgan fingerprint density at radius 1 is 1.22 bits per heavy atom. The molecule has 1 saturated carbocycles. The molecular formula is C16H25Cl2N3O2. The van der Waals surface area contributed by atoms with Crippen molar-refractivity contribution in [1.82, 2.24) is 10.2 Å². The number of morpholine rings is 1. The first-order valence-electron chi connectivity index (χ1n) is 7.63. The second-order valence-electron chi connectivity index (χ2n) is 5.94. The number of hydrogen-bond donors (Lipinski definition) is 2. The van der Waals surface area contributed by atoms with Gasteiger partial charge in [-0.3, -0.25) is 9.69 Å². The van der Waals surface area contributed by atoms with Gasteiger partial charge in [-0.1, -0.05) is 30.3 Å². The zero-order valence-corrected chi connectivity index (χ0v) is 14.7. The normalized spacial score (nSPS) is 20.6. The van der Waals surface area contributed by atoms with Crippen LogP contribution in [0.1, 0.15) is 24.4 Å². The summed E-state index contributed by atoms with van der Waals surface area (Å²) in [5.41, 5.74) is 6.57. The van der Waals surface area contributed by atoms with Crippen LogP contribution in [0.25, 0.3) is 0 Å². The van der Waals surface area contributed by atoms with E-state index in [9.17, 15) is 4.79 Å². The lowest BCUT2D eigenvalue weighted by Crippen LogP contribution is -2.48. The fourth-order valence-electron chi connectivity index (χ4n) is 2.75. The third kappa shape index (κ3) is 5.06. The Morgan fingerprint density at radius 2 is 1.83 bits per heavy atom. The van der Waals surface area contributed by atoms with Crippen LogP contribution < -0.4 is 11.1 Å². The van der Waals surface area contributed by atoms with E-state index in [1.807, 2.05) is 18.2 Å². The van der Waals surface area contributed by atoms with E-state index in [0.29, 0.717) is 6.54 Å². The molecule has 1 atom stereocenters. The number of halogens is 2. The first kappa shape index (κ1) is 20.2. The number of nitrogens with zero attached hydrogens (tertiary/aromatic N) is 1. The number of amides is 1. The molecule has 0 radical (unpaired) electrons. The van der Waals surface area contributed by atoms with Gasteiger partial charge in [0.15, 0.2) is 0 Å². The van der Waals surface area contributed by atoms with Gasteiger partial charge in [0, 0.05) is 19.6 Å². The smallest absolute Gasteiger partial charge is 0.240 e. The number of carbonyl (C=O) groups is 1. The van der Waals surface area contributed by atoms with Crippen molar-refractivity contribution in [3.63, 3.8) is 0 Å². The van der Waals surface area contributed by atoms with Crippen LogP contribution in [0.5, 0.6) is 0 Å². The number of ether oxygens (including phenoxy) is 1. The molecule has 1 aromatic carbocycles. The summed E-state index contributed by atoms with van der Waals surface area (Å²) in [6.07, 6.45) is 1.60. The quantitative estimate of drug-likeness (QED) is 0.833. The lowest BCUT2D eigenvalue weighted by Gasteiger charge is -2.35. The van der Waals surface area contributed by atoms with Gasteiger partial charge in [-0.05, 0) is 18.4 Å². The molecule has 23 heavy (non-hydrogen) atoms. The summed E-state index contributed by atoms with van der Waals surface area (Å²) >= 11 is 0. The Balaban J connectivity index is 0.00000132. The predicted octanol–water partition coefficient (Wildman–Crippen LogP) is 1.51. The molecule has 2 fully saturated rings. The topological polar surface area (TPSA) is 67.6 Å². The van der Waals surface area contributed by atoms with E-state index in [4.69, 9.17) is 10.5 Å². The molecule has 1 saturated heterocycles. The van der Waals surface area contributed by atoms with Gasteiger partial charge in [0.1, 0.15) is 0 Å². The van der Waals surface area contributed by atoms with Crippen molar-refractivity contribution >= 4 is 30.7 Å². The molecule has 7 heteroatoms. The summed E-state index contributed by atoms with van der Waals surface area (Å²) in [5.74, 6) is -0.0170. The third-order valence-electron chi connectivity index (χ3n) is 4.37. The Morgan fingerprint density at radius 3 is 2.39 bits per heavy atom. The highest BCUT2D eigenvalue weighted by atomic mass is 35.5. The molecule has 1 heterocycles. The van der Waals surface area contributed by atoms with E-state index in [1.165, 1.54) is 5.56 Å². The molecule has 0 spiro atoms. The molecule has 5 nitrogen and oxygen atoms in total. The Hall–Kier alpha value is -0.850. The molecule has 3 rings (SSSR count). The molecule has 1 aromatic rings. The lowest BCUT2D eigenvalue weighted by atomic mass is 10.0. The lowest BCUT2D eigenvalue weighted by molar-refractivity contribution is -0.123. The van der Waals surface area contributed by atoms with Crippen LogP contribution in [0.4, 0.5) is 0 Å². The highest BCUT2D eigenvalue weighted by Gasteiger charge is 2.46. The van der Waals surface area contributed by atoms with E-state index in [2.05, 4.69) is 22.3 Å². The summed E-state index contributed by atoms with van der Waals surface area (Å²) in [5, 5.41) is 3.03. The number of rotatable bonds is 5. The highest BCUT2D eigenvalue weighted by molar-refractivity contribution is 5.89. The molecule has 2 aliphatic rings. The van der Waals surface area contributed by atoms with E-state index < -0.39 is 5.54 Å². The zero-order chi connectivity index (χ0) is 14.7. The van der Waals surface area contributed by atoms with Crippen molar-refractivity contribution in [3.05, 3.63) is 35.9 Å². The average Bonchev–Trinajstić information content (AvgIpc) is 3.29. The zero-order valence-electron chi connectivity index (χ0n) is 13.1. The van der Waals surface area contributed by atoms with Crippen LogP contribution in [-0.2, 0) is 9.53 Å². The van der Waals surface area contributed by atoms with Gasteiger partial charge >= 0.3 is 0 Å². The van der Waals surface area contributed by atoms with Crippen LogP contribution in [0, 0.1) is 0 Å². The van der Waals surface area contributed by atoms with E-state index in [0.717, 1.165) is 39.1 Å². The molecule has 130 valence electrons. The van der Waals surface area contributed by atoms with E-state index >= 15 is 0 Å². The Labute approximate surface area is 149 Å².